The molecule has 110 valence electrons. The second-order valence-electron chi connectivity index (χ2n) is 5.40. The SMILES string of the molecule is CCCNC(Cc1ccn(C)n1)c1c(C)nn(C)c1C. The number of aryl methyl sites for hydroxylation is 3. The average Bonchev–Trinajstić information content (AvgIpc) is 2.90. The van der Waals surface area contributed by atoms with Gasteiger partial charge in [-0.25, -0.2) is 0 Å². The van der Waals surface area contributed by atoms with E-state index in [0.29, 0.717) is 0 Å². The third-order valence-electron chi connectivity index (χ3n) is 3.74. The zero-order valence-electron chi connectivity index (χ0n) is 13.1. The summed E-state index contributed by atoms with van der Waals surface area (Å²) in [5.41, 5.74) is 4.76. The minimum Gasteiger partial charge on any atom is -0.309 e. The molecule has 0 radical (unpaired) electrons. The first-order chi connectivity index (χ1) is 9.52. The van der Waals surface area contributed by atoms with Crippen LogP contribution in [0.3, 0.4) is 0 Å². The molecule has 0 saturated carbocycles. The van der Waals surface area contributed by atoms with E-state index in [1.165, 1.54) is 11.3 Å². The van der Waals surface area contributed by atoms with Crippen LogP contribution >= 0.6 is 0 Å². The van der Waals surface area contributed by atoms with Gasteiger partial charge in [0.25, 0.3) is 0 Å². The van der Waals surface area contributed by atoms with Gasteiger partial charge in [-0.3, -0.25) is 9.36 Å². The summed E-state index contributed by atoms with van der Waals surface area (Å²) < 4.78 is 3.82. The van der Waals surface area contributed by atoms with Gasteiger partial charge >= 0.3 is 0 Å². The van der Waals surface area contributed by atoms with E-state index in [0.717, 1.165) is 30.8 Å². The molecule has 0 aliphatic carbocycles. The lowest BCUT2D eigenvalue weighted by atomic mass is 10.00. The Morgan fingerprint density at radius 1 is 1.25 bits per heavy atom. The number of nitrogens with one attached hydrogen (secondary N) is 1. The molecule has 0 aliphatic rings. The van der Waals surface area contributed by atoms with Crippen LogP contribution in [0.5, 0.6) is 0 Å². The van der Waals surface area contributed by atoms with Gasteiger partial charge in [0.15, 0.2) is 0 Å². The van der Waals surface area contributed by atoms with Gasteiger partial charge < -0.3 is 5.32 Å². The van der Waals surface area contributed by atoms with Gasteiger partial charge in [-0.2, -0.15) is 10.2 Å². The van der Waals surface area contributed by atoms with Crippen LogP contribution in [0.2, 0.25) is 0 Å². The number of hydrogen-bond acceptors (Lipinski definition) is 3. The van der Waals surface area contributed by atoms with E-state index in [9.17, 15) is 0 Å². The maximum Gasteiger partial charge on any atom is 0.0644 e. The molecule has 1 N–H and O–H groups in total. The summed E-state index contributed by atoms with van der Waals surface area (Å²) in [5.74, 6) is 0. The predicted molar refractivity (Wildman–Crippen MR) is 80.6 cm³/mol. The third-order valence-corrected chi connectivity index (χ3v) is 3.74. The Balaban J connectivity index is 2.26. The lowest BCUT2D eigenvalue weighted by Gasteiger charge is -2.18. The molecule has 0 bridgehead atoms. The van der Waals surface area contributed by atoms with Crippen LogP contribution in [0.25, 0.3) is 0 Å². The van der Waals surface area contributed by atoms with Crippen molar-refractivity contribution in [2.45, 2.75) is 39.7 Å². The Bertz CT molecular complexity index is 567. The molecule has 2 rings (SSSR count). The summed E-state index contributed by atoms with van der Waals surface area (Å²) in [5, 5.41) is 12.7. The molecule has 0 spiro atoms. The largest absolute Gasteiger partial charge is 0.309 e. The zero-order valence-corrected chi connectivity index (χ0v) is 13.1. The molecular formula is C15H25N5. The standard InChI is InChI=1S/C15H25N5/c1-6-8-16-14(10-13-7-9-19(4)18-13)15-11(2)17-20(5)12(15)3/h7,9,14,16H,6,8,10H2,1-5H3. The van der Waals surface area contributed by atoms with E-state index >= 15 is 0 Å². The van der Waals surface area contributed by atoms with Crippen molar-refractivity contribution < 1.29 is 0 Å². The predicted octanol–water partition coefficient (Wildman–Crippen LogP) is 2.05. The summed E-state index contributed by atoms with van der Waals surface area (Å²) >= 11 is 0. The van der Waals surface area contributed by atoms with Gasteiger partial charge in [-0.05, 0) is 32.9 Å². The van der Waals surface area contributed by atoms with Crippen molar-refractivity contribution in [3.05, 3.63) is 34.9 Å². The smallest absolute Gasteiger partial charge is 0.0644 e. The Labute approximate surface area is 121 Å². The lowest BCUT2D eigenvalue weighted by Crippen LogP contribution is -2.25. The van der Waals surface area contributed by atoms with Crippen LogP contribution in [0.4, 0.5) is 0 Å². The molecular weight excluding hydrogens is 250 g/mol. The fraction of sp³-hybridized carbons (Fsp3) is 0.600. The second kappa shape index (κ2) is 6.22. The third kappa shape index (κ3) is 3.10. The first kappa shape index (κ1) is 14.8. The minimum absolute atomic E-state index is 0.276. The van der Waals surface area contributed by atoms with Crippen LogP contribution in [-0.2, 0) is 20.5 Å². The van der Waals surface area contributed by atoms with Crippen LogP contribution in [0.15, 0.2) is 12.3 Å². The molecule has 1 atom stereocenters. The molecule has 0 aliphatic heterocycles. The van der Waals surface area contributed by atoms with Crippen molar-refractivity contribution in [2.24, 2.45) is 14.1 Å². The molecule has 2 heterocycles. The molecule has 0 aromatic carbocycles. The molecule has 0 amide bonds. The zero-order chi connectivity index (χ0) is 14.7. The number of rotatable bonds is 6. The quantitative estimate of drug-likeness (QED) is 0.878. The van der Waals surface area contributed by atoms with E-state index in [4.69, 9.17) is 0 Å². The van der Waals surface area contributed by atoms with Crippen LogP contribution < -0.4 is 5.32 Å². The van der Waals surface area contributed by atoms with Gasteiger partial charge in [0.05, 0.1) is 11.4 Å². The van der Waals surface area contributed by atoms with Crippen molar-refractivity contribution in [3.8, 4) is 0 Å². The first-order valence-corrected chi connectivity index (χ1v) is 7.25. The van der Waals surface area contributed by atoms with Gasteiger partial charge in [-0.15, -0.1) is 0 Å². The fourth-order valence-electron chi connectivity index (χ4n) is 2.67. The second-order valence-corrected chi connectivity index (χ2v) is 5.40. The highest BCUT2D eigenvalue weighted by atomic mass is 15.3. The number of hydrogen-bond donors (Lipinski definition) is 1. The van der Waals surface area contributed by atoms with Crippen LogP contribution in [-0.4, -0.2) is 26.1 Å². The van der Waals surface area contributed by atoms with Gasteiger partial charge in [0, 0.05) is 44.0 Å². The number of nitrogens with zero attached hydrogens (tertiary/aromatic N) is 4. The first-order valence-electron chi connectivity index (χ1n) is 7.25. The van der Waals surface area contributed by atoms with Gasteiger partial charge in [0.2, 0.25) is 0 Å². The number of aromatic nitrogens is 4. The normalized spacial score (nSPS) is 12.8. The van der Waals surface area contributed by atoms with Crippen molar-refractivity contribution in [3.63, 3.8) is 0 Å². The van der Waals surface area contributed by atoms with Crippen molar-refractivity contribution in [2.75, 3.05) is 6.54 Å². The Morgan fingerprint density at radius 3 is 2.50 bits per heavy atom. The highest BCUT2D eigenvalue weighted by Crippen LogP contribution is 2.24. The van der Waals surface area contributed by atoms with Crippen LogP contribution in [0, 0.1) is 13.8 Å². The van der Waals surface area contributed by atoms with Crippen molar-refractivity contribution >= 4 is 0 Å². The Hall–Kier alpha value is -1.62. The summed E-state index contributed by atoms with van der Waals surface area (Å²) in [4.78, 5) is 0. The van der Waals surface area contributed by atoms with E-state index in [1.54, 1.807) is 0 Å². The maximum atomic E-state index is 4.54. The molecule has 5 heteroatoms. The Morgan fingerprint density at radius 2 is 2.00 bits per heavy atom. The molecule has 5 nitrogen and oxygen atoms in total. The van der Waals surface area contributed by atoms with Crippen molar-refractivity contribution in [1.29, 1.82) is 0 Å². The average molecular weight is 275 g/mol. The Kier molecular flexibility index (Phi) is 4.60. The highest BCUT2D eigenvalue weighted by molar-refractivity contribution is 5.29. The summed E-state index contributed by atoms with van der Waals surface area (Å²) in [7, 11) is 3.96. The molecule has 20 heavy (non-hydrogen) atoms. The maximum absolute atomic E-state index is 4.54. The summed E-state index contributed by atoms with van der Waals surface area (Å²) in [6, 6.07) is 2.36. The monoisotopic (exact) mass is 275 g/mol. The van der Waals surface area contributed by atoms with E-state index in [1.807, 2.05) is 29.7 Å². The summed E-state index contributed by atoms with van der Waals surface area (Å²) in [6.07, 6.45) is 4.01. The van der Waals surface area contributed by atoms with E-state index in [-0.39, 0.29) is 6.04 Å². The molecule has 2 aromatic heterocycles. The molecule has 0 fully saturated rings. The molecule has 2 aromatic rings. The molecule has 1 unspecified atom stereocenters. The van der Waals surface area contributed by atoms with E-state index < -0.39 is 0 Å². The lowest BCUT2D eigenvalue weighted by molar-refractivity contribution is 0.516. The minimum atomic E-state index is 0.276. The van der Waals surface area contributed by atoms with Crippen molar-refractivity contribution in [1.82, 2.24) is 24.9 Å². The highest BCUT2D eigenvalue weighted by Gasteiger charge is 2.20. The summed E-state index contributed by atoms with van der Waals surface area (Å²) in [6.45, 7) is 7.41. The van der Waals surface area contributed by atoms with Crippen LogP contribution in [0.1, 0.15) is 42.0 Å². The topological polar surface area (TPSA) is 47.7 Å². The van der Waals surface area contributed by atoms with Gasteiger partial charge in [-0.1, -0.05) is 6.92 Å². The van der Waals surface area contributed by atoms with Gasteiger partial charge in [0.1, 0.15) is 0 Å². The molecule has 0 saturated heterocycles. The van der Waals surface area contributed by atoms with E-state index in [2.05, 4.69) is 42.4 Å². The fourth-order valence-corrected chi connectivity index (χ4v) is 2.67.